The zero-order valence-corrected chi connectivity index (χ0v) is 15.8. The molecule has 2 aliphatic heterocycles. The van der Waals surface area contributed by atoms with Gasteiger partial charge in [-0.1, -0.05) is 12.1 Å². The number of benzene rings is 1. The molecule has 1 aromatic carbocycles. The van der Waals surface area contributed by atoms with Crippen LogP contribution >= 0.6 is 0 Å². The molecule has 7 heteroatoms. The Kier molecular flexibility index (Phi) is 4.25. The predicted octanol–water partition coefficient (Wildman–Crippen LogP) is 0.663. The average molecular weight is 382 g/mol. The molecule has 5 atom stereocenters. The van der Waals surface area contributed by atoms with Gasteiger partial charge in [-0.3, -0.25) is 19.7 Å². The number of piperidine rings is 1. The van der Waals surface area contributed by atoms with Gasteiger partial charge in [-0.2, -0.15) is 0 Å². The summed E-state index contributed by atoms with van der Waals surface area (Å²) in [6.45, 7) is 1.17. The van der Waals surface area contributed by atoms with Crippen molar-refractivity contribution in [1.29, 1.82) is 0 Å². The minimum Gasteiger partial charge on any atom is -0.327 e. The Labute approximate surface area is 164 Å². The number of fused-ring (bicyclic) bond motifs is 3. The smallest absolute Gasteiger partial charge is 0.255 e. The van der Waals surface area contributed by atoms with Crippen LogP contribution in [-0.2, 0) is 22.7 Å². The second-order valence-corrected chi connectivity index (χ2v) is 8.77. The lowest BCUT2D eigenvalue weighted by Crippen LogP contribution is -2.52. The van der Waals surface area contributed by atoms with Crippen LogP contribution in [0.1, 0.15) is 53.6 Å². The molecule has 3 amide bonds. The van der Waals surface area contributed by atoms with Crippen LogP contribution in [0.25, 0.3) is 0 Å². The van der Waals surface area contributed by atoms with E-state index in [1.807, 2.05) is 12.1 Å². The number of nitrogens with two attached hydrogens (primary N) is 1. The Morgan fingerprint density at radius 1 is 1.14 bits per heavy atom. The van der Waals surface area contributed by atoms with Crippen molar-refractivity contribution >= 4 is 17.7 Å². The summed E-state index contributed by atoms with van der Waals surface area (Å²) in [5.41, 5.74) is 8.86. The van der Waals surface area contributed by atoms with Gasteiger partial charge in [0.05, 0.1) is 0 Å². The van der Waals surface area contributed by atoms with Crippen LogP contribution in [0.15, 0.2) is 18.2 Å². The quantitative estimate of drug-likeness (QED) is 0.664. The van der Waals surface area contributed by atoms with Crippen molar-refractivity contribution in [2.75, 3.05) is 0 Å². The number of rotatable bonds is 4. The zero-order valence-electron chi connectivity index (χ0n) is 15.8. The van der Waals surface area contributed by atoms with E-state index < -0.39 is 6.04 Å². The Balaban J connectivity index is 1.25. The summed E-state index contributed by atoms with van der Waals surface area (Å²) in [7, 11) is 0. The monoisotopic (exact) mass is 382 g/mol. The summed E-state index contributed by atoms with van der Waals surface area (Å²) < 4.78 is 0. The fraction of sp³-hybridized carbons (Fsp3) is 0.571. The Morgan fingerprint density at radius 2 is 2.00 bits per heavy atom. The third kappa shape index (κ3) is 2.93. The maximum atomic E-state index is 12.9. The first kappa shape index (κ1) is 17.8. The lowest BCUT2D eigenvalue weighted by molar-refractivity contribution is -0.136. The number of hydrogen-bond donors (Lipinski definition) is 3. The van der Waals surface area contributed by atoms with Crippen LogP contribution in [-0.4, -0.2) is 40.7 Å². The van der Waals surface area contributed by atoms with Gasteiger partial charge >= 0.3 is 0 Å². The van der Waals surface area contributed by atoms with Gasteiger partial charge in [0, 0.05) is 37.2 Å². The maximum Gasteiger partial charge on any atom is 0.255 e. The Hall–Kier alpha value is -2.25. The van der Waals surface area contributed by atoms with Crippen LogP contribution in [0.2, 0.25) is 0 Å². The fourth-order valence-electron chi connectivity index (χ4n) is 5.53. The summed E-state index contributed by atoms with van der Waals surface area (Å²) in [5, 5.41) is 6.00. The molecule has 0 radical (unpaired) electrons. The van der Waals surface area contributed by atoms with Gasteiger partial charge in [0.15, 0.2) is 0 Å². The lowest BCUT2D eigenvalue weighted by Gasteiger charge is -2.29. The number of hydrogen-bond acceptors (Lipinski definition) is 5. The van der Waals surface area contributed by atoms with E-state index in [2.05, 4.69) is 16.7 Å². The van der Waals surface area contributed by atoms with Gasteiger partial charge in [0.25, 0.3) is 5.91 Å². The van der Waals surface area contributed by atoms with Crippen molar-refractivity contribution in [1.82, 2.24) is 15.5 Å². The minimum atomic E-state index is -0.558. The molecule has 2 heterocycles. The number of amides is 3. The van der Waals surface area contributed by atoms with E-state index in [9.17, 15) is 14.4 Å². The van der Waals surface area contributed by atoms with Crippen molar-refractivity contribution in [3.63, 3.8) is 0 Å². The van der Waals surface area contributed by atoms with Gasteiger partial charge < -0.3 is 16.0 Å². The molecule has 5 rings (SSSR count). The highest BCUT2D eigenvalue weighted by atomic mass is 16.2. The first-order valence-electron chi connectivity index (χ1n) is 10.2. The van der Waals surface area contributed by atoms with E-state index in [4.69, 9.17) is 5.73 Å². The molecule has 4 N–H and O–H groups in total. The largest absolute Gasteiger partial charge is 0.327 e. The summed E-state index contributed by atoms with van der Waals surface area (Å²) in [6, 6.07) is 6.35. The molecule has 2 aliphatic carbocycles. The van der Waals surface area contributed by atoms with E-state index in [1.54, 1.807) is 4.90 Å². The molecule has 0 spiro atoms. The highest BCUT2D eigenvalue weighted by molar-refractivity contribution is 6.05. The summed E-state index contributed by atoms with van der Waals surface area (Å²) in [4.78, 5) is 38.0. The fourth-order valence-corrected chi connectivity index (χ4v) is 5.53. The van der Waals surface area contributed by atoms with Crippen molar-refractivity contribution in [3.8, 4) is 0 Å². The topological polar surface area (TPSA) is 105 Å². The lowest BCUT2D eigenvalue weighted by atomic mass is 9.91. The minimum absolute atomic E-state index is 0.114. The molecular weight excluding hydrogens is 356 g/mol. The van der Waals surface area contributed by atoms with E-state index in [0.717, 1.165) is 30.5 Å². The molecule has 4 aliphatic rings. The zero-order chi connectivity index (χ0) is 19.4. The van der Waals surface area contributed by atoms with Gasteiger partial charge in [-0.25, -0.2) is 0 Å². The third-order valence-corrected chi connectivity index (χ3v) is 7.07. The molecule has 2 saturated carbocycles. The van der Waals surface area contributed by atoms with Crippen molar-refractivity contribution < 1.29 is 14.4 Å². The second kappa shape index (κ2) is 6.67. The number of carbonyl (C=O) groups is 3. The molecule has 2 bridgehead atoms. The normalized spacial score (nSPS) is 34.1. The van der Waals surface area contributed by atoms with Crippen LogP contribution in [0, 0.1) is 11.8 Å². The van der Waals surface area contributed by atoms with Gasteiger partial charge in [0.1, 0.15) is 6.04 Å². The Bertz CT molecular complexity index is 852. The number of imide groups is 1. The second-order valence-electron chi connectivity index (χ2n) is 8.77. The first-order chi connectivity index (χ1) is 13.5. The van der Waals surface area contributed by atoms with Crippen molar-refractivity contribution in [3.05, 3.63) is 34.9 Å². The molecule has 0 aromatic heterocycles. The number of carbonyl (C=O) groups excluding carboxylic acids is 3. The molecular formula is C21H26N4O3. The van der Waals surface area contributed by atoms with Crippen LogP contribution in [0.5, 0.6) is 0 Å². The summed E-state index contributed by atoms with van der Waals surface area (Å²) in [6.07, 6.45) is 4.18. The van der Waals surface area contributed by atoms with Crippen molar-refractivity contribution in [2.45, 2.75) is 63.3 Å². The highest BCUT2D eigenvalue weighted by Crippen LogP contribution is 2.43. The van der Waals surface area contributed by atoms with Gasteiger partial charge in [-0.05, 0) is 54.7 Å². The molecule has 5 unspecified atom stereocenters. The molecule has 1 saturated heterocycles. The van der Waals surface area contributed by atoms with E-state index in [0.29, 0.717) is 42.4 Å². The molecule has 3 fully saturated rings. The van der Waals surface area contributed by atoms with Crippen LogP contribution in [0.4, 0.5) is 0 Å². The SMILES string of the molecule is NC1CC2CC1CC2NCc1ccc2c(c1)C(=O)N(C1CCC(=O)NC1=O)C2. The third-order valence-electron chi connectivity index (χ3n) is 7.07. The van der Waals surface area contributed by atoms with Crippen molar-refractivity contribution in [2.24, 2.45) is 17.6 Å². The highest BCUT2D eigenvalue weighted by Gasteiger charge is 2.44. The van der Waals surface area contributed by atoms with E-state index in [1.165, 1.54) is 6.42 Å². The molecule has 148 valence electrons. The molecule has 7 nitrogen and oxygen atoms in total. The maximum absolute atomic E-state index is 12.9. The first-order valence-corrected chi connectivity index (χ1v) is 10.2. The number of nitrogens with zero attached hydrogens (tertiary/aromatic N) is 1. The number of nitrogens with one attached hydrogen (secondary N) is 2. The summed E-state index contributed by atoms with van der Waals surface area (Å²) >= 11 is 0. The van der Waals surface area contributed by atoms with E-state index in [-0.39, 0.29) is 24.1 Å². The average Bonchev–Trinajstić information content (AvgIpc) is 3.33. The Morgan fingerprint density at radius 3 is 2.71 bits per heavy atom. The predicted molar refractivity (Wildman–Crippen MR) is 102 cm³/mol. The van der Waals surface area contributed by atoms with Gasteiger partial charge in [-0.15, -0.1) is 0 Å². The molecule has 28 heavy (non-hydrogen) atoms. The summed E-state index contributed by atoms with van der Waals surface area (Å²) in [5.74, 6) is 0.594. The standard InChI is InChI=1S/C21H26N4O3/c22-16-7-14-6-13(16)8-17(14)23-9-11-1-2-12-10-25(21(28)15(12)5-11)18-3-4-19(26)24-20(18)27/h1-2,5,13-14,16-18,23H,3-4,6-10,22H2,(H,24,26,27). The van der Waals surface area contributed by atoms with Crippen LogP contribution in [0.3, 0.4) is 0 Å². The molecule has 1 aromatic rings. The van der Waals surface area contributed by atoms with Gasteiger partial charge in [0.2, 0.25) is 11.8 Å². The van der Waals surface area contributed by atoms with Crippen LogP contribution < -0.4 is 16.4 Å². The van der Waals surface area contributed by atoms with E-state index >= 15 is 0 Å².